The van der Waals surface area contributed by atoms with Gasteiger partial charge in [-0.1, -0.05) is 12.1 Å². The second-order valence-corrected chi connectivity index (χ2v) is 6.02. The molecule has 6 nitrogen and oxygen atoms in total. The molecule has 0 amide bonds. The number of hydrogen-bond acceptors (Lipinski definition) is 4. The maximum atomic E-state index is 11.2. The first kappa shape index (κ1) is 13.1. The van der Waals surface area contributed by atoms with Gasteiger partial charge in [0.2, 0.25) is 0 Å². The maximum absolute atomic E-state index is 11.2. The fourth-order valence-corrected chi connectivity index (χ4v) is 3.24. The van der Waals surface area contributed by atoms with E-state index < -0.39 is 23.0 Å². The third kappa shape index (κ3) is 1.72. The van der Waals surface area contributed by atoms with Gasteiger partial charge in [-0.15, -0.1) is 0 Å². The van der Waals surface area contributed by atoms with Crippen molar-refractivity contribution in [3.05, 3.63) is 34.4 Å². The summed E-state index contributed by atoms with van der Waals surface area (Å²) in [5, 5.41) is 18.4. The van der Waals surface area contributed by atoms with Crippen molar-refractivity contribution in [1.29, 1.82) is 0 Å². The van der Waals surface area contributed by atoms with Crippen LogP contribution in [-0.4, -0.2) is 33.2 Å². The van der Waals surface area contributed by atoms with E-state index in [1.807, 2.05) is 12.1 Å². The highest BCUT2D eigenvalue weighted by atomic mass is 16.4. The maximum Gasteiger partial charge on any atom is 0.324 e. The molecular weight excluding hydrogens is 260 g/mol. The number of nitrogens with two attached hydrogens (primary N) is 2. The summed E-state index contributed by atoms with van der Waals surface area (Å²) >= 11 is 0. The summed E-state index contributed by atoms with van der Waals surface area (Å²) in [7, 11) is 0. The molecule has 0 atom stereocenters. The molecule has 0 saturated carbocycles. The molecule has 0 heterocycles. The van der Waals surface area contributed by atoms with E-state index in [0.717, 1.165) is 22.3 Å². The number of rotatable bonds is 2. The van der Waals surface area contributed by atoms with Crippen LogP contribution in [0, 0.1) is 0 Å². The summed E-state index contributed by atoms with van der Waals surface area (Å²) in [5.74, 6) is -2.01. The molecule has 0 fully saturated rings. The van der Waals surface area contributed by atoms with Crippen molar-refractivity contribution in [2.24, 2.45) is 11.5 Å². The van der Waals surface area contributed by atoms with Crippen LogP contribution in [0.3, 0.4) is 0 Å². The summed E-state index contributed by atoms with van der Waals surface area (Å²) in [5.41, 5.74) is 12.9. The summed E-state index contributed by atoms with van der Waals surface area (Å²) in [6.07, 6.45) is 1.09. The molecule has 2 aliphatic rings. The summed E-state index contributed by atoms with van der Waals surface area (Å²) in [6.45, 7) is 0. The lowest BCUT2D eigenvalue weighted by atomic mass is 9.96. The highest BCUT2D eigenvalue weighted by Crippen LogP contribution is 2.36. The number of aliphatic carboxylic acids is 2. The van der Waals surface area contributed by atoms with E-state index in [4.69, 9.17) is 11.5 Å². The molecule has 0 unspecified atom stereocenters. The van der Waals surface area contributed by atoms with E-state index in [9.17, 15) is 19.8 Å². The minimum Gasteiger partial charge on any atom is -0.480 e. The molecule has 0 bridgehead atoms. The van der Waals surface area contributed by atoms with E-state index in [1.54, 1.807) is 0 Å². The Labute approximate surface area is 115 Å². The minimum atomic E-state index is -1.25. The van der Waals surface area contributed by atoms with E-state index in [1.165, 1.54) is 0 Å². The molecule has 0 aromatic heterocycles. The Morgan fingerprint density at radius 2 is 1.05 bits per heavy atom. The predicted octanol–water partition coefficient (Wildman–Crippen LogP) is -0.552. The van der Waals surface area contributed by atoms with E-state index >= 15 is 0 Å². The van der Waals surface area contributed by atoms with Crippen molar-refractivity contribution < 1.29 is 19.8 Å². The first-order chi connectivity index (χ1) is 9.23. The molecular formula is C14H16N2O4. The number of carboxylic acids is 2. The highest BCUT2D eigenvalue weighted by Gasteiger charge is 2.44. The minimum absolute atomic E-state index is 0.273. The fraction of sp³-hybridized carbons (Fsp3) is 0.429. The number of fused-ring (bicyclic) bond motifs is 2. The topological polar surface area (TPSA) is 127 Å². The predicted molar refractivity (Wildman–Crippen MR) is 70.4 cm³/mol. The van der Waals surface area contributed by atoms with Crippen LogP contribution in [0.5, 0.6) is 0 Å². The Morgan fingerprint density at radius 1 is 0.800 bits per heavy atom. The SMILES string of the molecule is NC1(C(=O)O)Cc2cc3c(cc2C1)CC(N)(C(=O)O)C3. The zero-order valence-electron chi connectivity index (χ0n) is 10.8. The fourth-order valence-electron chi connectivity index (χ4n) is 3.24. The standard InChI is InChI=1S/C14H16N2O4/c15-13(11(17)18)3-7-1-8-4-14(16,12(19)20)6-10(8)2-9(7)5-13/h1-2H,3-6,15-16H2,(H,17,18)(H,19,20). The largest absolute Gasteiger partial charge is 0.480 e. The van der Waals surface area contributed by atoms with Crippen LogP contribution in [0.15, 0.2) is 12.1 Å². The summed E-state index contributed by atoms with van der Waals surface area (Å²) in [6, 6.07) is 3.75. The van der Waals surface area contributed by atoms with Gasteiger partial charge in [-0.05, 0) is 22.3 Å². The van der Waals surface area contributed by atoms with E-state index in [-0.39, 0.29) is 25.7 Å². The Kier molecular flexibility index (Phi) is 2.49. The number of carboxylic acid groups (broad SMARTS) is 2. The molecule has 20 heavy (non-hydrogen) atoms. The zero-order chi connectivity index (χ0) is 14.7. The Bertz CT molecular complexity index is 552. The second-order valence-electron chi connectivity index (χ2n) is 6.02. The van der Waals surface area contributed by atoms with Crippen molar-refractivity contribution in [2.45, 2.75) is 36.8 Å². The van der Waals surface area contributed by atoms with Crippen molar-refractivity contribution >= 4 is 11.9 Å². The molecule has 0 spiro atoms. The Hall–Kier alpha value is -1.92. The van der Waals surface area contributed by atoms with Gasteiger partial charge in [0.15, 0.2) is 0 Å². The molecule has 1 aromatic carbocycles. The van der Waals surface area contributed by atoms with Crippen LogP contribution >= 0.6 is 0 Å². The Balaban J connectivity index is 1.96. The van der Waals surface area contributed by atoms with Gasteiger partial charge in [-0.3, -0.25) is 9.59 Å². The number of carbonyl (C=O) groups is 2. The summed E-state index contributed by atoms with van der Waals surface area (Å²) < 4.78 is 0. The van der Waals surface area contributed by atoms with E-state index in [0.29, 0.717) is 0 Å². The normalized spacial score (nSPS) is 21.3. The first-order valence-corrected chi connectivity index (χ1v) is 6.42. The van der Waals surface area contributed by atoms with Gasteiger partial charge in [0.05, 0.1) is 0 Å². The van der Waals surface area contributed by atoms with Crippen molar-refractivity contribution in [3.63, 3.8) is 0 Å². The molecule has 2 aliphatic carbocycles. The van der Waals surface area contributed by atoms with Gasteiger partial charge < -0.3 is 21.7 Å². The smallest absolute Gasteiger partial charge is 0.324 e. The molecule has 106 valence electrons. The number of hydrogen-bond donors (Lipinski definition) is 4. The van der Waals surface area contributed by atoms with E-state index in [2.05, 4.69) is 0 Å². The van der Waals surface area contributed by atoms with Gasteiger partial charge in [0.25, 0.3) is 0 Å². The van der Waals surface area contributed by atoms with Crippen LogP contribution < -0.4 is 11.5 Å². The average molecular weight is 276 g/mol. The lowest BCUT2D eigenvalue weighted by Gasteiger charge is -2.17. The third-order valence-electron chi connectivity index (χ3n) is 4.40. The zero-order valence-corrected chi connectivity index (χ0v) is 10.8. The second kappa shape index (κ2) is 3.80. The van der Waals surface area contributed by atoms with Gasteiger partial charge in [0.1, 0.15) is 11.1 Å². The quantitative estimate of drug-likeness (QED) is 0.574. The Morgan fingerprint density at radius 3 is 1.25 bits per heavy atom. The van der Waals surface area contributed by atoms with Crippen molar-refractivity contribution in [1.82, 2.24) is 0 Å². The van der Waals surface area contributed by atoms with Gasteiger partial charge in [-0.2, -0.15) is 0 Å². The first-order valence-electron chi connectivity index (χ1n) is 6.42. The van der Waals surface area contributed by atoms with Gasteiger partial charge in [0, 0.05) is 25.7 Å². The lowest BCUT2D eigenvalue weighted by molar-refractivity contribution is -0.143. The van der Waals surface area contributed by atoms with Crippen LogP contribution in [0.2, 0.25) is 0 Å². The summed E-state index contributed by atoms with van der Waals surface area (Å²) in [4.78, 5) is 22.4. The molecule has 0 radical (unpaired) electrons. The highest BCUT2D eigenvalue weighted by molar-refractivity contribution is 5.82. The molecule has 6 N–H and O–H groups in total. The van der Waals surface area contributed by atoms with Crippen LogP contribution in [-0.2, 0) is 35.3 Å². The molecule has 0 aliphatic heterocycles. The van der Waals surface area contributed by atoms with Gasteiger partial charge in [-0.25, -0.2) is 0 Å². The molecule has 6 heteroatoms. The monoisotopic (exact) mass is 276 g/mol. The number of benzene rings is 1. The van der Waals surface area contributed by atoms with Crippen molar-refractivity contribution in [3.8, 4) is 0 Å². The van der Waals surface area contributed by atoms with Crippen LogP contribution in [0.1, 0.15) is 22.3 Å². The van der Waals surface area contributed by atoms with Gasteiger partial charge >= 0.3 is 11.9 Å². The lowest BCUT2D eigenvalue weighted by Crippen LogP contribution is -2.49. The van der Waals surface area contributed by atoms with Crippen molar-refractivity contribution in [2.75, 3.05) is 0 Å². The third-order valence-corrected chi connectivity index (χ3v) is 4.40. The average Bonchev–Trinajstić information content (AvgIpc) is 2.82. The van der Waals surface area contributed by atoms with Crippen LogP contribution in [0.25, 0.3) is 0 Å². The van der Waals surface area contributed by atoms with Crippen LogP contribution in [0.4, 0.5) is 0 Å². The molecule has 3 rings (SSSR count). The molecule has 0 saturated heterocycles. The molecule has 1 aromatic rings.